The zero-order valence-corrected chi connectivity index (χ0v) is 11.9. The predicted octanol–water partition coefficient (Wildman–Crippen LogP) is 1.72. The number of nitrogens with one attached hydrogen (secondary N) is 2. The second-order valence-corrected chi connectivity index (χ2v) is 4.87. The molecule has 0 aliphatic carbocycles. The van der Waals surface area contributed by atoms with Crippen molar-refractivity contribution in [3.63, 3.8) is 0 Å². The Kier molecular flexibility index (Phi) is 5.68. The third-order valence-corrected chi connectivity index (χ3v) is 3.37. The molecule has 1 fully saturated rings. The van der Waals surface area contributed by atoms with Crippen LogP contribution in [0.2, 0.25) is 0 Å². The zero-order chi connectivity index (χ0) is 14.2. The van der Waals surface area contributed by atoms with E-state index in [9.17, 15) is 4.79 Å². The first-order valence-corrected chi connectivity index (χ1v) is 7.04. The van der Waals surface area contributed by atoms with Crippen LogP contribution in [0.3, 0.4) is 0 Å². The van der Waals surface area contributed by atoms with E-state index in [0.717, 1.165) is 31.6 Å². The van der Waals surface area contributed by atoms with E-state index in [1.54, 1.807) is 7.11 Å². The van der Waals surface area contributed by atoms with Gasteiger partial charge in [0.15, 0.2) is 0 Å². The lowest BCUT2D eigenvalue weighted by Crippen LogP contribution is -2.40. The Hall–Kier alpha value is -1.75. The van der Waals surface area contributed by atoms with Gasteiger partial charge in [-0.15, -0.1) is 0 Å². The van der Waals surface area contributed by atoms with Crippen LogP contribution in [0.1, 0.15) is 18.4 Å². The molecule has 1 aromatic rings. The van der Waals surface area contributed by atoms with Crippen LogP contribution in [0.5, 0.6) is 5.75 Å². The number of carbonyl (C=O) groups excluding carboxylic acids is 1. The Labute approximate surface area is 119 Å². The molecule has 2 N–H and O–H groups in total. The van der Waals surface area contributed by atoms with Gasteiger partial charge >= 0.3 is 6.03 Å². The molecule has 110 valence electrons. The Morgan fingerprint density at radius 2 is 2.15 bits per heavy atom. The van der Waals surface area contributed by atoms with Crippen LogP contribution in [-0.4, -0.2) is 38.9 Å². The molecule has 1 aliphatic heterocycles. The minimum atomic E-state index is -0.131. The molecule has 20 heavy (non-hydrogen) atoms. The van der Waals surface area contributed by atoms with Gasteiger partial charge in [-0.2, -0.15) is 0 Å². The van der Waals surface area contributed by atoms with Crippen LogP contribution in [0.4, 0.5) is 4.79 Å². The van der Waals surface area contributed by atoms with Gasteiger partial charge in [-0.3, -0.25) is 0 Å². The fraction of sp³-hybridized carbons (Fsp3) is 0.533. The number of methoxy groups -OCH3 is 1. The minimum Gasteiger partial charge on any atom is -0.497 e. The third-order valence-electron chi connectivity index (χ3n) is 3.37. The molecule has 0 radical (unpaired) electrons. The molecule has 1 aromatic carbocycles. The van der Waals surface area contributed by atoms with E-state index < -0.39 is 0 Å². The normalized spacial score (nSPS) is 17.8. The average Bonchev–Trinajstić information content (AvgIpc) is 2.99. The van der Waals surface area contributed by atoms with Crippen molar-refractivity contribution in [1.82, 2.24) is 10.6 Å². The summed E-state index contributed by atoms with van der Waals surface area (Å²) in [6.45, 7) is 2.02. The van der Waals surface area contributed by atoms with Crippen molar-refractivity contribution in [2.75, 3.05) is 26.8 Å². The number of rotatable bonds is 6. The molecular formula is C15H22N2O3. The number of hydrogen-bond acceptors (Lipinski definition) is 3. The molecule has 1 atom stereocenters. The first kappa shape index (κ1) is 14.7. The lowest BCUT2D eigenvalue weighted by molar-refractivity contribution is 0.111. The van der Waals surface area contributed by atoms with Crippen LogP contribution in [0.25, 0.3) is 0 Å². The van der Waals surface area contributed by atoms with Gasteiger partial charge in [0.25, 0.3) is 0 Å². The van der Waals surface area contributed by atoms with E-state index in [2.05, 4.69) is 10.6 Å². The number of amides is 2. The summed E-state index contributed by atoms with van der Waals surface area (Å²) in [5.41, 5.74) is 1.17. The van der Waals surface area contributed by atoms with E-state index in [-0.39, 0.29) is 12.1 Å². The summed E-state index contributed by atoms with van der Waals surface area (Å²) in [5, 5.41) is 5.68. The topological polar surface area (TPSA) is 59.6 Å². The third kappa shape index (κ3) is 4.74. The van der Waals surface area contributed by atoms with E-state index in [4.69, 9.17) is 9.47 Å². The Bertz CT molecular complexity index is 414. The number of carbonyl (C=O) groups is 1. The van der Waals surface area contributed by atoms with Gasteiger partial charge in [-0.1, -0.05) is 12.1 Å². The Morgan fingerprint density at radius 1 is 1.35 bits per heavy atom. The quantitative estimate of drug-likeness (QED) is 0.833. The molecule has 5 nitrogen and oxygen atoms in total. The number of urea groups is 1. The predicted molar refractivity (Wildman–Crippen MR) is 77.1 cm³/mol. The highest BCUT2D eigenvalue weighted by Crippen LogP contribution is 2.11. The molecule has 0 saturated carbocycles. The second-order valence-electron chi connectivity index (χ2n) is 4.87. The first-order valence-electron chi connectivity index (χ1n) is 7.04. The Morgan fingerprint density at radius 3 is 2.80 bits per heavy atom. The molecule has 1 aliphatic rings. The fourth-order valence-corrected chi connectivity index (χ4v) is 2.19. The highest BCUT2D eigenvalue weighted by molar-refractivity contribution is 5.73. The summed E-state index contributed by atoms with van der Waals surface area (Å²) in [4.78, 5) is 11.6. The molecule has 2 rings (SSSR count). The van der Waals surface area contributed by atoms with Gasteiger partial charge < -0.3 is 20.1 Å². The lowest BCUT2D eigenvalue weighted by Gasteiger charge is -2.11. The summed E-state index contributed by atoms with van der Waals surface area (Å²) in [7, 11) is 1.65. The number of hydrogen-bond donors (Lipinski definition) is 2. The monoisotopic (exact) mass is 278 g/mol. The van der Waals surface area contributed by atoms with Crippen molar-refractivity contribution in [2.45, 2.75) is 25.4 Å². The molecule has 5 heteroatoms. The van der Waals surface area contributed by atoms with Crippen molar-refractivity contribution < 1.29 is 14.3 Å². The van der Waals surface area contributed by atoms with Crippen molar-refractivity contribution >= 4 is 6.03 Å². The zero-order valence-electron chi connectivity index (χ0n) is 11.9. The van der Waals surface area contributed by atoms with E-state index >= 15 is 0 Å². The van der Waals surface area contributed by atoms with Gasteiger partial charge in [-0.25, -0.2) is 4.79 Å². The van der Waals surface area contributed by atoms with E-state index in [0.29, 0.717) is 13.1 Å². The smallest absolute Gasteiger partial charge is 0.314 e. The van der Waals surface area contributed by atoms with Crippen LogP contribution in [-0.2, 0) is 11.2 Å². The summed E-state index contributed by atoms with van der Waals surface area (Å²) < 4.78 is 10.5. The highest BCUT2D eigenvalue weighted by atomic mass is 16.5. The summed E-state index contributed by atoms with van der Waals surface area (Å²) in [6.07, 6.45) is 3.11. The second kappa shape index (κ2) is 7.75. The van der Waals surface area contributed by atoms with Crippen LogP contribution >= 0.6 is 0 Å². The molecule has 1 heterocycles. The summed E-state index contributed by atoms with van der Waals surface area (Å²) >= 11 is 0. The van der Waals surface area contributed by atoms with E-state index in [1.807, 2.05) is 24.3 Å². The van der Waals surface area contributed by atoms with Crippen LogP contribution in [0, 0.1) is 0 Å². The maximum absolute atomic E-state index is 11.6. The van der Waals surface area contributed by atoms with Gasteiger partial charge in [0.2, 0.25) is 0 Å². The molecule has 0 aromatic heterocycles. The molecule has 0 bridgehead atoms. The highest BCUT2D eigenvalue weighted by Gasteiger charge is 2.15. The molecule has 2 amide bonds. The van der Waals surface area contributed by atoms with Gasteiger partial charge in [0.1, 0.15) is 5.75 Å². The summed E-state index contributed by atoms with van der Waals surface area (Å²) in [6, 6.07) is 7.73. The number of benzene rings is 1. The largest absolute Gasteiger partial charge is 0.497 e. The number of ether oxygens (including phenoxy) is 2. The van der Waals surface area contributed by atoms with Crippen molar-refractivity contribution in [1.29, 1.82) is 0 Å². The van der Waals surface area contributed by atoms with Gasteiger partial charge in [0, 0.05) is 19.7 Å². The SMILES string of the molecule is COc1ccc(CCNC(=O)NCC2CCCO2)cc1. The minimum absolute atomic E-state index is 0.131. The van der Waals surface area contributed by atoms with Crippen molar-refractivity contribution in [3.05, 3.63) is 29.8 Å². The molecule has 0 spiro atoms. The first-order chi connectivity index (χ1) is 9.78. The molecule has 1 saturated heterocycles. The van der Waals surface area contributed by atoms with Crippen LogP contribution < -0.4 is 15.4 Å². The Balaban J connectivity index is 1.60. The van der Waals surface area contributed by atoms with E-state index in [1.165, 1.54) is 5.56 Å². The molecule has 1 unspecified atom stereocenters. The van der Waals surface area contributed by atoms with Crippen molar-refractivity contribution in [2.24, 2.45) is 0 Å². The lowest BCUT2D eigenvalue weighted by atomic mass is 10.1. The standard InChI is InChI=1S/C15H22N2O3/c1-19-13-6-4-12(5-7-13)8-9-16-15(18)17-11-14-3-2-10-20-14/h4-7,14H,2-3,8-11H2,1H3,(H2,16,17,18). The van der Waals surface area contributed by atoms with Gasteiger partial charge in [-0.05, 0) is 37.0 Å². The maximum atomic E-state index is 11.6. The molecular weight excluding hydrogens is 256 g/mol. The maximum Gasteiger partial charge on any atom is 0.314 e. The average molecular weight is 278 g/mol. The van der Waals surface area contributed by atoms with Gasteiger partial charge in [0.05, 0.1) is 13.2 Å². The van der Waals surface area contributed by atoms with Crippen LogP contribution in [0.15, 0.2) is 24.3 Å². The van der Waals surface area contributed by atoms with Crippen molar-refractivity contribution in [3.8, 4) is 5.75 Å². The summed E-state index contributed by atoms with van der Waals surface area (Å²) in [5.74, 6) is 0.844. The fourth-order valence-electron chi connectivity index (χ4n) is 2.19.